The second kappa shape index (κ2) is 9.33. The van der Waals surface area contributed by atoms with Crippen LogP contribution in [0.2, 0.25) is 0 Å². The number of anilines is 1. The maximum Gasteiger partial charge on any atom is 0.240 e. The van der Waals surface area contributed by atoms with Crippen LogP contribution in [0.15, 0.2) is 29.2 Å². The number of carbonyl (C=O) groups is 1. The van der Waals surface area contributed by atoms with Crippen molar-refractivity contribution in [2.24, 2.45) is 11.7 Å². The number of nitrogens with one attached hydrogen (secondary N) is 2. The van der Waals surface area contributed by atoms with Crippen molar-refractivity contribution in [3.63, 3.8) is 0 Å². The normalized spacial score (nSPS) is 15.4. The Morgan fingerprint density at radius 2 is 1.96 bits per heavy atom. The summed E-state index contributed by atoms with van der Waals surface area (Å²) in [6.07, 6.45) is 1.98. The predicted molar refractivity (Wildman–Crippen MR) is 94.7 cm³/mol. The highest BCUT2D eigenvalue weighted by molar-refractivity contribution is 7.89. The highest BCUT2D eigenvalue weighted by Crippen LogP contribution is 2.28. The molecule has 2 rings (SSSR count). The molecule has 9 heteroatoms. The number of hydrogen-bond donors (Lipinski definition) is 3. The van der Waals surface area contributed by atoms with E-state index in [-0.39, 0.29) is 42.3 Å². The number of halogens is 1. The van der Waals surface area contributed by atoms with Gasteiger partial charge in [-0.1, -0.05) is 0 Å². The molecule has 1 amide bonds. The SMILES string of the molecule is COC(CN)CC(=O)Nc1ccc(S(=O)(=O)NCC2CC2)cc1.Cl. The summed E-state index contributed by atoms with van der Waals surface area (Å²) in [5.41, 5.74) is 6.00. The van der Waals surface area contributed by atoms with Crippen molar-refractivity contribution in [3.05, 3.63) is 24.3 Å². The van der Waals surface area contributed by atoms with Gasteiger partial charge in [0.2, 0.25) is 15.9 Å². The van der Waals surface area contributed by atoms with Gasteiger partial charge in [0, 0.05) is 25.9 Å². The molecule has 0 bridgehead atoms. The van der Waals surface area contributed by atoms with Gasteiger partial charge < -0.3 is 15.8 Å². The van der Waals surface area contributed by atoms with E-state index in [2.05, 4.69) is 10.0 Å². The Labute approximate surface area is 148 Å². The fraction of sp³-hybridized carbons (Fsp3) is 0.533. The summed E-state index contributed by atoms with van der Waals surface area (Å²) in [6, 6.07) is 6.07. The molecule has 24 heavy (non-hydrogen) atoms. The topological polar surface area (TPSA) is 111 Å². The van der Waals surface area contributed by atoms with Gasteiger partial charge in [-0.05, 0) is 43.0 Å². The van der Waals surface area contributed by atoms with Crippen LogP contribution in [0.4, 0.5) is 5.69 Å². The van der Waals surface area contributed by atoms with E-state index in [9.17, 15) is 13.2 Å². The van der Waals surface area contributed by atoms with Gasteiger partial charge in [-0.3, -0.25) is 4.79 Å². The second-order valence-electron chi connectivity index (χ2n) is 5.67. The zero-order valence-corrected chi connectivity index (χ0v) is 15.2. The van der Waals surface area contributed by atoms with E-state index in [1.165, 1.54) is 19.2 Å². The molecule has 1 saturated carbocycles. The van der Waals surface area contributed by atoms with Crippen molar-refractivity contribution in [2.45, 2.75) is 30.3 Å². The smallest absolute Gasteiger partial charge is 0.240 e. The minimum atomic E-state index is -3.49. The van der Waals surface area contributed by atoms with Gasteiger partial charge in [0.1, 0.15) is 0 Å². The van der Waals surface area contributed by atoms with Crippen molar-refractivity contribution in [2.75, 3.05) is 25.5 Å². The summed E-state index contributed by atoms with van der Waals surface area (Å²) in [5, 5.41) is 2.69. The minimum Gasteiger partial charge on any atom is -0.380 e. The summed E-state index contributed by atoms with van der Waals surface area (Å²) in [7, 11) is -1.99. The summed E-state index contributed by atoms with van der Waals surface area (Å²) < 4.78 is 31.8. The third-order valence-electron chi connectivity index (χ3n) is 3.72. The third kappa shape index (κ3) is 6.37. The van der Waals surface area contributed by atoms with Crippen LogP contribution in [-0.2, 0) is 19.6 Å². The molecular formula is C15H24ClN3O4S. The Hall–Kier alpha value is -1.19. The molecule has 7 nitrogen and oxygen atoms in total. The van der Waals surface area contributed by atoms with E-state index in [1.54, 1.807) is 12.1 Å². The van der Waals surface area contributed by atoms with Crippen molar-refractivity contribution >= 4 is 34.0 Å². The number of benzene rings is 1. The lowest BCUT2D eigenvalue weighted by Crippen LogP contribution is -2.28. The molecule has 0 aromatic heterocycles. The van der Waals surface area contributed by atoms with Crippen molar-refractivity contribution in [3.8, 4) is 0 Å². The van der Waals surface area contributed by atoms with Crippen LogP contribution in [0.3, 0.4) is 0 Å². The molecule has 1 fully saturated rings. The fourth-order valence-corrected chi connectivity index (χ4v) is 3.15. The first-order valence-electron chi connectivity index (χ1n) is 7.57. The van der Waals surface area contributed by atoms with Gasteiger partial charge in [0.05, 0.1) is 17.4 Å². The molecule has 0 spiro atoms. The number of rotatable bonds is 9. The molecule has 0 saturated heterocycles. The lowest BCUT2D eigenvalue weighted by Gasteiger charge is -2.13. The van der Waals surface area contributed by atoms with E-state index in [1.807, 2.05) is 0 Å². The molecule has 0 aliphatic heterocycles. The second-order valence-corrected chi connectivity index (χ2v) is 7.43. The quantitative estimate of drug-likeness (QED) is 0.596. The average molecular weight is 378 g/mol. The molecule has 1 aromatic rings. The van der Waals surface area contributed by atoms with Crippen molar-refractivity contribution < 1.29 is 17.9 Å². The number of sulfonamides is 1. The highest BCUT2D eigenvalue weighted by atomic mass is 35.5. The van der Waals surface area contributed by atoms with Gasteiger partial charge in [-0.25, -0.2) is 13.1 Å². The molecule has 0 radical (unpaired) electrons. The first kappa shape index (κ1) is 20.9. The summed E-state index contributed by atoms with van der Waals surface area (Å²) >= 11 is 0. The zero-order valence-electron chi connectivity index (χ0n) is 13.5. The molecule has 1 aliphatic carbocycles. The van der Waals surface area contributed by atoms with Gasteiger partial charge in [0.25, 0.3) is 0 Å². The molecule has 1 unspecified atom stereocenters. The number of hydrogen-bond acceptors (Lipinski definition) is 5. The lowest BCUT2D eigenvalue weighted by atomic mass is 10.2. The Morgan fingerprint density at radius 3 is 2.46 bits per heavy atom. The Bertz CT molecular complexity index is 629. The molecule has 0 heterocycles. The van der Waals surface area contributed by atoms with Crippen LogP contribution in [0, 0.1) is 5.92 Å². The lowest BCUT2D eigenvalue weighted by molar-refractivity contribution is -0.118. The molecule has 4 N–H and O–H groups in total. The zero-order chi connectivity index (χ0) is 16.9. The Kier molecular flexibility index (Phi) is 8.11. The molecule has 136 valence electrons. The molecule has 1 aromatic carbocycles. The van der Waals surface area contributed by atoms with E-state index >= 15 is 0 Å². The van der Waals surface area contributed by atoms with Gasteiger partial charge in [0.15, 0.2) is 0 Å². The number of carbonyl (C=O) groups excluding carboxylic acids is 1. The summed E-state index contributed by atoms with van der Waals surface area (Å²) in [6.45, 7) is 0.742. The largest absolute Gasteiger partial charge is 0.380 e. The van der Waals surface area contributed by atoms with E-state index in [4.69, 9.17) is 10.5 Å². The van der Waals surface area contributed by atoms with Crippen LogP contribution in [0.5, 0.6) is 0 Å². The standard InChI is InChI=1S/C15H23N3O4S.ClH/c1-22-13(9-16)8-15(19)18-12-4-6-14(7-5-12)23(20,21)17-10-11-2-3-11;/h4-7,11,13,17H,2-3,8-10,16H2,1H3,(H,18,19);1H. The molecule has 1 atom stereocenters. The number of amides is 1. The van der Waals surface area contributed by atoms with Crippen LogP contribution in [0.1, 0.15) is 19.3 Å². The Morgan fingerprint density at radius 1 is 1.33 bits per heavy atom. The van der Waals surface area contributed by atoms with Gasteiger partial charge >= 0.3 is 0 Å². The van der Waals surface area contributed by atoms with Crippen LogP contribution in [-0.4, -0.2) is 40.6 Å². The maximum atomic E-state index is 12.1. The monoisotopic (exact) mass is 377 g/mol. The molecular weight excluding hydrogens is 354 g/mol. The first-order chi connectivity index (χ1) is 10.9. The fourth-order valence-electron chi connectivity index (χ4n) is 2.03. The van der Waals surface area contributed by atoms with Crippen molar-refractivity contribution in [1.29, 1.82) is 0 Å². The van der Waals surface area contributed by atoms with E-state index in [0.717, 1.165) is 12.8 Å². The number of ether oxygens (including phenoxy) is 1. The van der Waals surface area contributed by atoms with Crippen LogP contribution < -0.4 is 15.8 Å². The van der Waals surface area contributed by atoms with Crippen molar-refractivity contribution in [1.82, 2.24) is 4.72 Å². The van der Waals surface area contributed by atoms with Crippen LogP contribution >= 0.6 is 12.4 Å². The van der Waals surface area contributed by atoms with Gasteiger partial charge in [-0.2, -0.15) is 0 Å². The predicted octanol–water partition coefficient (Wildman–Crippen LogP) is 1.10. The van der Waals surface area contributed by atoms with E-state index < -0.39 is 10.0 Å². The summed E-state index contributed by atoms with van der Waals surface area (Å²) in [5.74, 6) is 0.240. The van der Waals surface area contributed by atoms with Gasteiger partial charge in [-0.15, -0.1) is 12.4 Å². The maximum absolute atomic E-state index is 12.1. The number of nitrogens with two attached hydrogens (primary N) is 1. The van der Waals surface area contributed by atoms with Crippen LogP contribution in [0.25, 0.3) is 0 Å². The number of methoxy groups -OCH3 is 1. The average Bonchev–Trinajstić information content (AvgIpc) is 3.35. The molecule has 1 aliphatic rings. The highest BCUT2D eigenvalue weighted by Gasteiger charge is 2.24. The Balaban J connectivity index is 0.00000288. The minimum absolute atomic E-state index is 0. The first-order valence-corrected chi connectivity index (χ1v) is 9.05. The third-order valence-corrected chi connectivity index (χ3v) is 5.16. The summed E-state index contributed by atoms with van der Waals surface area (Å²) in [4.78, 5) is 12.0. The van der Waals surface area contributed by atoms with E-state index in [0.29, 0.717) is 18.2 Å².